The van der Waals surface area contributed by atoms with E-state index in [1.54, 1.807) is 18.2 Å². The fraction of sp³-hybridized carbons (Fsp3) is 0.190. The third-order valence-electron chi connectivity index (χ3n) is 3.77. The monoisotopic (exact) mass is 337 g/mol. The Bertz CT molecular complexity index is 766. The summed E-state index contributed by atoms with van der Waals surface area (Å²) in [5.74, 6) is 0.308. The minimum absolute atomic E-state index is 0.366. The van der Waals surface area contributed by atoms with Crippen LogP contribution in [-0.2, 0) is 11.2 Å². The molecule has 0 aliphatic heterocycles. The number of para-hydroxylation sites is 1. The zero-order valence-electron chi connectivity index (χ0n) is 14.7. The predicted molar refractivity (Wildman–Crippen MR) is 102 cm³/mol. The van der Waals surface area contributed by atoms with Gasteiger partial charge in [0, 0.05) is 11.3 Å². The summed E-state index contributed by atoms with van der Waals surface area (Å²) in [6.45, 7) is 9.74. The molecule has 2 rings (SSSR count). The molecule has 4 nitrogen and oxygen atoms in total. The Kier molecular flexibility index (Phi) is 6.40. The number of ether oxygens (including phenoxy) is 2. The maximum Gasteiger partial charge on any atom is 0.338 e. The summed E-state index contributed by atoms with van der Waals surface area (Å²) in [6.07, 6.45) is 4.03. The summed E-state index contributed by atoms with van der Waals surface area (Å²) in [7, 11) is 1.38. The number of hydrogen-bond acceptors (Lipinski definition) is 4. The van der Waals surface area contributed by atoms with Crippen LogP contribution in [0.2, 0.25) is 0 Å². The van der Waals surface area contributed by atoms with Crippen LogP contribution in [0.5, 0.6) is 5.75 Å². The van der Waals surface area contributed by atoms with Crippen LogP contribution >= 0.6 is 0 Å². The van der Waals surface area contributed by atoms with Crippen LogP contribution in [0.25, 0.3) is 0 Å². The first kappa shape index (κ1) is 18.3. The van der Waals surface area contributed by atoms with Crippen molar-refractivity contribution < 1.29 is 14.3 Å². The molecule has 2 aromatic rings. The number of benzene rings is 2. The van der Waals surface area contributed by atoms with Crippen molar-refractivity contribution in [3.63, 3.8) is 0 Å². The van der Waals surface area contributed by atoms with E-state index in [1.165, 1.54) is 7.11 Å². The van der Waals surface area contributed by atoms with Gasteiger partial charge in [0.05, 0.1) is 18.4 Å². The van der Waals surface area contributed by atoms with Crippen molar-refractivity contribution in [1.82, 2.24) is 0 Å². The number of carbonyl (C=O) groups excluding carboxylic acids is 1. The molecule has 0 radical (unpaired) electrons. The van der Waals surface area contributed by atoms with Gasteiger partial charge in [0.15, 0.2) is 0 Å². The molecule has 0 fully saturated rings. The molecule has 0 amide bonds. The Morgan fingerprint density at radius 2 is 1.92 bits per heavy atom. The molecule has 0 aromatic heterocycles. The number of methoxy groups -OCH3 is 1. The molecule has 25 heavy (non-hydrogen) atoms. The van der Waals surface area contributed by atoms with Crippen molar-refractivity contribution in [3.05, 3.63) is 78.4 Å². The Morgan fingerprint density at radius 1 is 1.20 bits per heavy atom. The number of nitrogens with one attached hydrogen (secondary N) is 1. The molecule has 0 saturated carbocycles. The molecular formula is C21H23NO3. The second-order valence-corrected chi connectivity index (χ2v) is 5.49. The Morgan fingerprint density at radius 3 is 2.52 bits per heavy atom. The molecule has 0 bridgehead atoms. The second-order valence-electron chi connectivity index (χ2n) is 5.49. The van der Waals surface area contributed by atoms with Crippen LogP contribution in [0.3, 0.4) is 0 Å². The Hall–Kier alpha value is -3.01. The standard InChI is InChI=1S/C21H23NO3/c1-5-10-16-14-18(21(23)24-4)15(3)19(20(16)25-13-6-2)22-17-11-8-7-9-12-17/h5-9,11-12,14,22H,1-2,10,13H2,3-4H3. The van der Waals surface area contributed by atoms with Crippen molar-refractivity contribution in [1.29, 1.82) is 0 Å². The Labute approximate surface area is 148 Å². The number of allylic oxidation sites excluding steroid dienone is 1. The first-order valence-electron chi connectivity index (χ1n) is 8.03. The summed E-state index contributed by atoms with van der Waals surface area (Å²) >= 11 is 0. The third kappa shape index (κ3) is 4.29. The van der Waals surface area contributed by atoms with E-state index in [-0.39, 0.29) is 5.97 Å². The van der Waals surface area contributed by atoms with Crippen molar-refractivity contribution >= 4 is 17.3 Å². The van der Waals surface area contributed by atoms with E-state index in [1.807, 2.05) is 37.3 Å². The van der Waals surface area contributed by atoms with Crippen molar-refractivity contribution in [2.45, 2.75) is 13.3 Å². The van der Waals surface area contributed by atoms with Gasteiger partial charge < -0.3 is 14.8 Å². The minimum Gasteiger partial charge on any atom is -0.487 e. The zero-order valence-corrected chi connectivity index (χ0v) is 14.7. The van der Waals surface area contributed by atoms with E-state index in [0.717, 1.165) is 22.5 Å². The van der Waals surface area contributed by atoms with Gasteiger partial charge >= 0.3 is 5.97 Å². The fourth-order valence-electron chi connectivity index (χ4n) is 2.57. The molecule has 2 aromatic carbocycles. The van der Waals surface area contributed by atoms with Crippen LogP contribution in [-0.4, -0.2) is 19.7 Å². The quantitative estimate of drug-likeness (QED) is 0.554. The molecule has 0 aliphatic carbocycles. The van der Waals surface area contributed by atoms with E-state index in [2.05, 4.69) is 18.5 Å². The second kappa shape index (κ2) is 8.73. The van der Waals surface area contributed by atoms with Crippen LogP contribution < -0.4 is 10.1 Å². The van der Waals surface area contributed by atoms with E-state index in [4.69, 9.17) is 9.47 Å². The first-order valence-corrected chi connectivity index (χ1v) is 8.03. The highest BCUT2D eigenvalue weighted by molar-refractivity contribution is 5.95. The summed E-state index contributed by atoms with van der Waals surface area (Å²) in [4.78, 5) is 12.2. The highest BCUT2D eigenvalue weighted by Gasteiger charge is 2.20. The smallest absolute Gasteiger partial charge is 0.338 e. The fourth-order valence-corrected chi connectivity index (χ4v) is 2.57. The summed E-state index contributed by atoms with van der Waals surface area (Å²) < 4.78 is 10.8. The van der Waals surface area contributed by atoms with Gasteiger partial charge in [0.25, 0.3) is 0 Å². The van der Waals surface area contributed by atoms with E-state index >= 15 is 0 Å². The number of anilines is 2. The molecule has 0 saturated heterocycles. The van der Waals surface area contributed by atoms with Crippen molar-refractivity contribution in [2.75, 3.05) is 19.0 Å². The minimum atomic E-state index is -0.380. The number of esters is 1. The summed E-state index contributed by atoms with van der Waals surface area (Å²) in [6, 6.07) is 11.5. The summed E-state index contributed by atoms with van der Waals surface area (Å²) in [5, 5.41) is 3.37. The maximum atomic E-state index is 12.2. The van der Waals surface area contributed by atoms with Crippen LogP contribution in [0.15, 0.2) is 61.7 Å². The summed E-state index contributed by atoms with van der Waals surface area (Å²) in [5.41, 5.74) is 3.78. The van der Waals surface area contributed by atoms with Gasteiger partial charge in [-0.25, -0.2) is 4.79 Å². The predicted octanol–water partition coefficient (Wildman–Crippen LogP) is 4.82. The number of rotatable bonds is 8. The lowest BCUT2D eigenvalue weighted by molar-refractivity contribution is 0.0600. The molecule has 0 atom stereocenters. The van der Waals surface area contributed by atoms with Crippen LogP contribution in [0.1, 0.15) is 21.5 Å². The average Bonchev–Trinajstić information content (AvgIpc) is 2.64. The van der Waals surface area contributed by atoms with Crippen molar-refractivity contribution in [3.8, 4) is 5.75 Å². The van der Waals surface area contributed by atoms with Gasteiger partial charge in [0.1, 0.15) is 12.4 Å². The molecular weight excluding hydrogens is 314 g/mol. The maximum absolute atomic E-state index is 12.2. The van der Waals surface area contributed by atoms with Crippen molar-refractivity contribution in [2.24, 2.45) is 0 Å². The van der Waals surface area contributed by atoms with Crippen LogP contribution in [0.4, 0.5) is 11.4 Å². The molecule has 4 heteroatoms. The van der Waals surface area contributed by atoms with Gasteiger partial charge in [0.2, 0.25) is 0 Å². The number of hydrogen-bond donors (Lipinski definition) is 1. The van der Waals surface area contributed by atoms with Gasteiger partial charge in [-0.05, 0) is 37.1 Å². The van der Waals surface area contributed by atoms with E-state index < -0.39 is 0 Å². The molecule has 0 unspecified atom stereocenters. The van der Waals surface area contributed by atoms with Gasteiger partial charge in [-0.1, -0.05) is 36.9 Å². The molecule has 0 heterocycles. The number of carbonyl (C=O) groups is 1. The lowest BCUT2D eigenvalue weighted by Gasteiger charge is -2.20. The van der Waals surface area contributed by atoms with Crippen LogP contribution in [0, 0.1) is 6.92 Å². The van der Waals surface area contributed by atoms with E-state index in [0.29, 0.717) is 24.3 Å². The zero-order chi connectivity index (χ0) is 18.2. The molecule has 1 N–H and O–H groups in total. The molecule has 0 spiro atoms. The van der Waals surface area contributed by atoms with Gasteiger partial charge in [-0.15, -0.1) is 6.58 Å². The van der Waals surface area contributed by atoms with Gasteiger partial charge in [-0.2, -0.15) is 0 Å². The van der Waals surface area contributed by atoms with E-state index in [9.17, 15) is 4.79 Å². The normalized spacial score (nSPS) is 10.0. The Balaban J connectivity index is 2.64. The molecule has 130 valence electrons. The SMILES string of the molecule is C=CCOc1c(CC=C)cc(C(=O)OC)c(C)c1Nc1ccccc1. The lowest BCUT2D eigenvalue weighted by atomic mass is 9.98. The first-order chi connectivity index (χ1) is 12.1. The molecule has 0 aliphatic rings. The lowest BCUT2D eigenvalue weighted by Crippen LogP contribution is -2.10. The topological polar surface area (TPSA) is 47.6 Å². The largest absolute Gasteiger partial charge is 0.487 e. The highest BCUT2D eigenvalue weighted by Crippen LogP contribution is 2.38. The highest BCUT2D eigenvalue weighted by atomic mass is 16.5. The van der Waals surface area contributed by atoms with Gasteiger partial charge in [-0.3, -0.25) is 0 Å². The third-order valence-corrected chi connectivity index (χ3v) is 3.77. The average molecular weight is 337 g/mol.